The SMILES string of the molecule is O=C(CNc1ccc(F)cc1)N/N=C\c1cccc(OCc2ccc(Br)cc2)c1. The normalized spacial score (nSPS) is 10.7. The number of carbonyl (C=O) groups excluding carboxylic acids is 1. The van der Waals surface area contributed by atoms with Crippen molar-refractivity contribution in [2.45, 2.75) is 6.61 Å². The lowest BCUT2D eigenvalue weighted by Gasteiger charge is -2.07. The number of hydrogen-bond donors (Lipinski definition) is 2. The Balaban J connectivity index is 1.46. The van der Waals surface area contributed by atoms with Crippen molar-refractivity contribution in [3.63, 3.8) is 0 Å². The number of anilines is 1. The minimum atomic E-state index is -0.326. The van der Waals surface area contributed by atoms with Gasteiger partial charge in [-0.1, -0.05) is 40.2 Å². The summed E-state index contributed by atoms with van der Waals surface area (Å²) in [7, 11) is 0. The summed E-state index contributed by atoms with van der Waals surface area (Å²) in [5, 5.41) is 6.84. The number of ether oxygens (including phenoxy) is 1. The largest absolute Gasteiger partial charge is 0.489 e. The Morgan fingerprint density at radius 2 is 1.83 bits per heavy atom. The molecule has 0 saturated carbocycles. The van der Waals surface area contributed by atoms with Crippen molar-refractivity contribution in [3.05, 3.63) is 94.2 Å². The maximum Gasteiger partial charge on any atom is 0.259 e. The first kappa shape index (κ1) is 20.5. The van der Waals surface area contributed by atoms with E-state index in [4.69, 9.17) is 4.74 Å². The molecule has 0 aliphatic carbocycles. The van der Waals surface area contributed by atoms with Crippen LogP contribution in [-0.2, 0) is 11.4 Å². The van der Waals surface area contributed by atoms with Crippen LogP contribution in [0.5, 0.6) is 5.75 Å². The van der Waals surface area contributed by atoms with Gasteiger partial charge in [0.1, 0.15) is 18.2 Å². The molecule has 0 spiro atoms. The van der Waals surface area contributed by atoms with Crippen molar-refractivity contribution in [2.75, 3.05) is 11.9 Å². The molecule has 0 radical (unpaired) electrons. The molecule has 3 aromatic carbocycles. The fourth-order valence-electron chi connectivity index (χ4n) is 2.40. The zero-order valence-electron chi connectivity index (χ0n) is 15.4. The number of hydrogen-bond acceptors (Lipinski definition) is 4. The first-order valence-corrected chi connectivity index (χ1v) is 9.66. The molecule has 148 valence electrons. The Morgan fingerprint density at radius 1 is 1.07 bits per heavy atom. The maximum atomic E-state index is 12.9. The highest BCUT2D eigenvalue weighted by Gasteiger charge is 2.01. The van der Waals surface area contributed by atoms with Gasteiger partial charge < -0.3 is 10.1 Å². The maximum absolute atomic E-state index is 12.9. The Bertz CT molecular complexity index is 976. The van der Waals surface area contributed by atoms with Crippen LogP contribution >= 0.6 is 15.9 Å². The van der Waals surface area contributed by atoms with Gasteiger partial charge in [0.15, 0.2) is 0 Å². The average Bonchev–Trinajstić information content (AvgIpc) is 2.73. The second-order valence-electron chi connectivity index (χ2n) is 6.14. The molecule has 29 heavy (non-hydrogen) atoms. The molecule has 0 aliphatic heterocycles. The summed E-state index contributed by atoms with van der Waals surface area (Å²) in [6.07, 6.45) is 1.54. The molecule has 0 saturated heterocycles. The quantitative estimate of drug-likeness (QED) is 0.381. The van der Waals surface area contributed by atoms with Crippen molar-refractivity contribution >= 4 is 33.7 Å². The summed E-state index contributed by atoms with van der Waals surface area (Å²) in [6.45, 7) is 0.485. The predicted molar refractivity (Wildman–Crippen MR) is 116 cm³/mol. The van der Waals surface area contributed by atoms with Crippen molar-refractivity contribution in [3.8, 4) is 5.75 Å². The number of rotatable bonds is 8. The Kier molecular flexibility index (Phi) is 7.35. The van der Waals surface area contributed by atoms with Crippen molar-refractivity contribution < 1.29 is 13.9 Å². The van der Waals surface area contributed by atoms with E-state index in [2.05, 4.69) is 31.8 Å². The second-order valence-corrected chi connectivity index (χ2v) is 7.06. The Hall–Kier alpha value is -3.19. The van der Waals surface area contributed by atoms with Crippen molar-refractivity contribution in [2.24, 2.45) is 5.10 Å². The molecule has 0 aliphatic rings. The fourth-order valence-corrected chi connectivity index (χ4v) is 2.66. The highest BCUT2D eigenvalue weighted by atomic mass is 79.9. The number of halogens is 2. The van der Waals surface area contributed by atoms with E-state index in [1.165, 1.54) is 12.1 Å². The summed E-state index contributed by atoms with van der Waals surface area (Å²) in [5.74, 6) is 0.0713. The smallest absolute Gasteiger partial charge is 0.259 e. The highest BCUT2D eigenvalue weighted by molar-refractivity contribution is 9.10. The summed E-state index contributed by atoms with van der Waals surface area (Å²) >= 11 is 3.41. The number of carbonyl (C=O) groups is 1. The van der Waals surface area contributed by atoms with Gasteiger partial charge in [-0.3, -0.25) is 4.79 Å². The van der Waals surface area contributed by atoms with Gasteiger partial charge in [-0.15, -0.1) is 0 Å². The van der Waals surface area contributed by atoms with Crippen LogP contribution < -0.4 is 15.5 Å². The molecule has 0 bridgehead atoms. The van der Waals surface area contributed by atoms with Crippen LogP contribution in [0.15, 0.2) is 82.4 Å². The van der Waals surface area contributed by atoms with Gasteiger partial charge in [0, 0.05) is 10.2 Å². The van der Waals surface area contributed by atoms with Gasteiger partial charge in [0.2, 0.25) is 0 Å². The Labute approximate surface area is 176 Å². The van der Waals surface area contributed by atoms with Crippen LogP contribution in [0.4, 0.5) is 10.1 Å². The molecule has 0 unspecified atom stereocenters. The summed E-state index contributed by atoms with van der Waals surface area (Å²) < 4.78 is 19.7. The van der Waals surface area contributed by atoms with Gasteiger partial charge in [-0.2, -0.15) is 5.10 Å². The predicted octanol–water partition coefficient (Wildman–Crippen LogP) is 4.73. The van der Waals surface area contributed by atoms with E-state index in [0.29, 0.717) is 18.0 Å². The molecule has 0 atom stereocenters. The molecule has 2 N–H and O–H groups in total. The van der Waals surface area contributed by atoms with Gasteiger partial charge in [-0.25, -0.2) is 9.82 Å². The monoisotopic (exact) mass is 455 g/mol. The first-order chi connectivity index (χ1) is 14.1. The summed E-state index contributed by atoms with van der Waals surface area (Å²) in [4.78, 5) is 11.8. The average molecular weight is 456 g/mol. The van der Waals surface area contributed by atoms with E-state index >= 15 is 0 Å². The van der Waals surface area contributed by atoms with Crippen LogP contribution in [0.3, 0.4) is 0 Å². The van der Waals surface area contributed by atoms with E-state index in [0.717, 1.165) is 15.6 Å². The zero-order valence-corrected chi connectivity index (χ0v) is 17.0. The van der Waals surface area contributed by atoms with Crippen LogP contribution in [0, 0.1) is 5.82 Å². The molecule has 3 rings (SSSR count). The van der Waals surface area contributed by atoms with E-state index < -0.39 is 0 Å². The van der Waals surface area contributed by atoms with Crippen LogP contribution in [0.2, 0.25) is 0 Å². The summed E-state index contributed by atoms with van der Waals surface area (Å²) in [5.41, 5.74) is 4.96. The van der Waals surface area contributed by atoms with Crippen LogP contribution in [0.25, 0.3) is 0 Å². The van der Waals surface area contributed by atoms with Gasteiger partial charge in [0.05, 0.1) is 12.8 Å². The highest BCUT2D eigenvalue weighted by Crippen LogP contribution is 2.16. The van der Waals surface area contributed by atoms with E-state index in [1.54, 1.807) is 18.3 Å². The van der Waals surface area contributed by atoms with E-state index in [-0.39, 0.29) is 18.3 Å². The third kappa shape index (κ3) is 7.04. The number of nitrogens with zero attached hydrogens (tertiary/aromatic N) is 1. The topological polar surface area (TPSA) is 62.7 Å². The van der Waals surface area contributed by atoms with Gasteiger partial charge in [-0.05, 0) is 59.7 Å². The third-order valence-electron chi connectivity index (χ3n) is 3.88. The lowest BCUT2D eigenvalue weighted by atomic mass is 10.2. The third-order valence-corrected chi connectivity index (χ3v) is 4.41. The van der Waals surface area contributed by atoms with Crippen molar-refractivity contribution in [1.82, 2.24) is 5.43 Å². The van der Waals surface area contributed by atoms with Crippen LogP contribution in [-0.4, -0.2) is 18.7 Å². The molecule has 3 aromatic rings. The lowest BCUT2D eigenvalue weighted by Crippen LogP contribution is -2.25. The molecule has 5 nitrogen and oxygen atoms in total. The summed E-state index contributed by atoms with van der Waals surface area (Å²) in [6, 6.07) is 21.1. The molecular weight excluding hydrogens is 437 g/mol. The molecule has 0 heterocycles. The number of amides is 1. The zero-order chi connectivity index (χ0) is 20.5. The minimum Gasteiger partial charge on any atom is -0.489 e. The second kappa shape index (κ2) is 10.4. The Morgan fingerprint density at radius 3 is 2.59 bits per heavy atom. The fraction of sp³-hybridized carbons (Fsp3) is 0.0909. The minimum absolute atomic E-state index is 0.0271. The van der Waals surface area contributed by atoms with Gasteiger partial charge in [0.25, 0.3) is 5.91 Å². The standard InChI is InChI=1S/C22H19BrFN3O2/c23-18-6-4-16(5-7-18)15-29-21-3-1-2-17(12-21)13-26-27-22(28)14-25-20-10-8-19(24)9-11-20/h1-13,25H,14-15H2,(H,27,28)/b26-13-. The van der Waals surface area contributed by atoms with Gasteiger partial charge >= 0.3 is 0 Å². The van der Waals surface area contributed by atoms with Crippen molar-refractivity contribution in [1.29, 1.82) is 0 Å². The molecule has 0 aromatic heterocycles. The number of benzene rings is 3. The number of hydrazone groups is 1. The van der Waals surface area contributed by atoms with E-state index in [1.807, 2.05) is 48.5 Å². The molecule has 0 fully saturated rings. The first-order valence-electron chi connectivity index (χ1n) is 8.87. The lowest BCUT2D eigenvalue weighted by molar-refractivity contribution is -0.119. The molecular formula is C22H19BrFN3O2. The van der Waals surface area contributed by atoms with E-state index in [9.17, 15) is 9.18 Å². The molecule has 1 amide bonds. The number of nitrogens with one attached hydrogen (secondary N) is 2. The van der Waals surface area contributed by atoms with Crippen LogP contribution in [0.1, 0.15) is 11.1 Å². The molecule has 7 heteroatoms.